The summed E-state index contributed by atoms with van der Waals surface area (Å²) in [5.41, 5.74) is 6.66. The first-order valence-corrected chi connectivity index (χ1v) is 15.8. The Morgan fingerprint density at radius 3 is 2.37 bits per heavy atom. The van der Waals surface area contributed by atoms with Crippen LogP contribution in [0.5, 0.6) is 11.5 Å². The smallest absolute Gasteiger partial charge is 0.251 e. The molecule has 226 valence electrons. The van der Waals surface area contributed by atoms with Gasteiger partial charge in [-0.3, -0.25) is 19.8 Å². The van der Waals surface area contributed by atoms with Crippen LogP contribution in [0, 0.1) is 17.2 Å². The number of nitrogens with zero attached hydrogens (tertiary/aromatic N) is 1. The van der Waals surface area contributed by atoms with Gasteiger partial charge >= 0.3 is 0 Å². The topological polar surface area (TPSA) is 138 Å². The van der Waals surface area contributed by atoms with Crippen molar-refractivity contribution in [1.29, 1.82) is 5.41 Å². The molecule has 2 heterocycles. The standard InChI is InChI=1S/C33H39N5O4S/c1-21(29-17-25(20-43-29)31(34)35)37-33(41)28-16-24(22-8-4-2-5-9-22)19-38(28)30(39)18-36-32(40)23-12-14-27(15-13-23)42-26-10-6-3-7-11-26/h3,6-7,10-15,17,20-22,24,28H,2,4-5,8-9,16,18-19H2,1H3,(H3,34,35)(H,36,40)(H,37,41)/t21-,24+,28+/m1/s1. The van der Waals surface area contributed by atoms with Gasteiger partial charge in [-0.2, -0.15) is 0 Å². The van der Waals surface area contributed by atoms with Crippen molar-refractivity contribution in [2.75, 3.05) is 13.1 Å². The van der Waals surface area contributed by atoms with Gasteiger partial charge in [-0.15, -0.1) is 11.3 Å². The number of benzene rings is 2. The first-order valence-electron chi connectivity index (χ1n) is 14.9. The Hall–Kier alpha value is -4.18. The van der Waals surface area contributed by atoms with Gasteiger partial charge in [0.1, 0.15) is 23.4 Å². The molecule has 2 aromatic carbocycles. The number of nitrogen functional groups attached to an aromatic ring is 1. The zero-order valence-electron chi connectivity index (χ0n) is 24.4. The van der Waals surface area contributed by atoms with E-state index in [0.717, 1.165) is 17.7 Å². The molecule has 0 radical (unpaired) electrons. The minimum Gasteiger partial charge on any atom is -0.457 e. The molecule has 3 atom stereocenters. The summed E-state index contributed by atoms with van der Waals surface area (Å²) in [6, 6.07) is 17.1. The maximum absolute atomic E-state index is 13.6. The highest BCUT2D eigenvalue weighted by Gasteiger charge is 2.42. The number of hydrogen-bond acceptors (Lipinski definition) is 6. The van der Waals surface area contributed by atoms with Crippen LogP contribution in [0.4, 0.5) is 0 Å². The van der Waals surface area contributed by atoms with E-state index in [4.69, 9.17) is 15.9 Å². The third-order valence-electron chi connectivity index (χ3n) is 8.48. The number of carbonyl (C=O) groups is 3. The average Bonchev–Trinajstić information content (AvgIpc) is 3.70. The van der Waals surface area contributed by atoms with E-state index in [2.05, 4.69) is 10.6 Å². The van der Waals surface area contributed by atoms with Gasteiger partial charge in [-0.05, 0) is 67.6 Å². The van der Waals surface area contributed by atoms with Crippen LogP contribution in [0.3, 0.4) is 0 Å². The van der Waals surface area contributed by atoms with Gasteiger partial charge in [-0.1, -0.05) is 50.3 Å². The second-order valence-electron chi connectivity index (χ2n) is 11.5. The Balaban J connectivity index is 1.21. The first-order chi connectivity index (χ1) is 20.8. The van der Waals surface area contributed by atoms with Gasteiger partial charge in [-0.25, -0.2) is 0 Å². The number of amidine groups is 1. The highest BCUT2D eigenvalue weighted by atomic mass is 32.1. The number of nitrogens with one attached hydrogen (secondary N) is 3. The summed E-state index contributed by atoms with van der Waals surface area (Å²) in [6.07, 6.45) is 6.48. The Kier molecular flexibility index (Phi) is 9.76. The Bertz CT molecular complexity index is 1430. The molecule has 0 bridgehead atoms. The average molecular weight is 602 g/mol. The number of likely N-dealkylation sites (tertiary alicyclic amines) is 1. The second kappa shape index (κ2) is 13.9. The molecule has 2 fully saturated rings. The molecule has 2 aliphatic rings. The molecule has 3 aromatic rings. The molecule has 1 aliphatic heterocycles. The predicted octanol–water partition coefficient (Wildman–Crippen LogP) is 5.23. The number of ether oxygens (including phenoxy) is 1. The number of nitrogens with two attached hydrogens (primary N) is 1. The Labute approximate surface area is 256 Å². The molecule has 1 saturated carbocycles. The molecular formula is C33H39N5O4S. The van der Waals surface area contributed by atoms with Crippen molar-refractivity contribution in [2.24, 2.45) is 17.6 Å². The lowest BCUT2D eigenvalue weighted by atomic mass is 9.79. The summed E-state index contributed by atoms with van der Waals surface area (Å²) < 4.78 is 5.80. The summed E-state index contributed by atoms with van der Waals surface area (Å²) in [4.78, 5) is 42.5. The fourth-order valence-corrected chi connectivity index (χ4v) is 7.02. The Morgan fingerprint density at radius 2 is 1.70 bits per heavy atom. The quantitative estimate of drug-likeness (QED) is 0.186. The van der Waals surface area contributed by atoms with Crippen molar-refractivity contribution in [3.63, 3.8) is 0 Å². The lowest BCUT2D eigenvalue weighted by Crippen LogP contribution is -2.49. The Morgan fingerprint density at radius 1 is 1.00 bits per heavy atom. The van der Waals surface area contributed by atoms with E-state index in [1.165, 1.54) is 30.6 Å². The monoisotopic (exact) mass is 601 g/mol. The van der Waals surface area contributed by atoms with Gasteiger partial charge in [0.2, 0.25) is 11.8 Å². The van der Waals surface area contributed by atoms with E-state index in [1.54, 1.807) is 34.5 Å². The molecule has 0 spiro atoms. The zero-order valence-corrected chi connectivity index (χ0v) is 25.2. The lowest BCUT2D eigenvalue weighted by molar-refractivity contribution is -0.138. The van der Waals surface area contributed by atoms with E-state index in [1.807, 2.05) is 43.3 Å². The summed E-state index contributed by atoms with van der Waals surface area (Å²) >= 11 is 1.44. The number of hydrogen-bond donors (Lipinski definition) is 4. The summed E-state index contributed by atoms with van der Waals surface area (Å²) in [5, 5.41) is 15.3. The molecule has 5 rings (SSSR count). The van der Waals surface area contributed by atoms with Crippen LogP contribution in [0.25, 0.3) is 0 Å². The fourth-order valence-electron chi connectivity index (χ4n) is 6.10. The number of carbonyl (C=O) groups excluding carboxylic acids is 3. The molecule has 0 unspecified atom stereocenters. The minimum absolute atomic E-state index is 0.0116. The molecule has 10 heteroatoms. The third kappa shape index (κ3) is 7.62. The lowest BCUT2D eigenvalue weighted by Gasteiger charge is -2.27. The van der Waals surface area contributed by atoms with Crippen LogP contribution >= 0.6 is 11.3 Å². The van der Waals surface area contributed by atoms with E-state index in [0.29, 0.717) is 41.5 Å². The van der Waals surface area contributed by atoms with Crippen LogP contribution in [0.15, 0.2) is 66.0 Å². The third-order valence-corrected chi connectivity index (χ3v) is 9.60. The van der Waals surface area contributed by atoms with Crippen LogP contribution in [0.1, 0.15) is 72.3 Å². The maximum Gasteiger partial charge on any atom is 0.251 e. The fraction of sp³-hybridized carbons (Fsp3) is 0.394. The zero-order chi connectivity index (χ0) is 30.3. The van der Waals surface area contributed by atoms with Crippen molar-refractivity contribution in [3.8, 4) is 11.5 Å². The van der Waals surface area contributed by atoms with Gasteiger partial charge in [0.15, 0.2) is 0 Å². The molecule has 43 heavy (non-hydrogen) atoms. The molecule has 1 aliphatic carbocycles. The van der Waals surface area contributed by atoms with Crippen molar-refractivity contribution >= 4 is 34.9 Å². The van der Waals surface area contributed by atoms with Crippen molar-refractivity contribution in [1.82, 2.24) is 15.5 Å². The molecular weight excluding hydrogens is 562 g/mol. The van der Waals surface area contributed by atoms with Gasteiger partial charge in [0.25, 0.3) is 5.91 Å². The minimum atomic E-state index is -0.597. The van der Waals surface area contributed by atoms with Crippen LogP contribution in [0.2, 0.25) is 0 Å². The summed E-state index contributed by atoms with van der Waals surface area (Å²) in [7, 11) is 0. The van der Waals surface area contributed by atoms with E-state index in [9.17, 15) is 14.4 Å². The molecule has 5 N–H and O–H groups in total. The predicted molar refractivity (Wildman–Crippen MR) is 167 cm³/mol. The maximum atomic E-state index is 13.6. The number of para-hydroxylation sites is 1. The van der Waals surface area contributed by atoms with E-state index in [-0.39, 0.29) is 42.1 Å². The highest BCUT2D eigenvalue weighted by molar-refractivity contribution is 7.10. The molecule has 9 nitrogen and oxygen atoms in total. The normalized spacial score (nSPS) is 19.4. The van der Waals surface area contributed by atoms with Crippen LogP contribution in [-0.2, 0) is 9.59 Å². The van der Waals surface area contributed by atoms with Gasteiger partial charge < -0.3 is 26.0 Å². The summed E-state index contributed by atoms with van der Waals surface area (Å²) in [6.45, 7) is 2.22. The van der Waals surface area contributed by atoms with Crippen molar-refractivity contribution in [2.45, 2.75) is 57.5 Å². The summed E-state index contributed by atoms with van der Waals surface area (Å²) in [5.74, 6) is 1.23. The van der Waals surface area contributed by atoms with Gasteiger partial charge in [0.05, 0.1) is 12.6 Å². The molecule has 1 saturated heterocycles. The number of thiophene rings is 1. The van der Waals surface area contributed by atoms with E-state index >= 15 is 0 Å². The number of rotatable bonds is 10. The van der Waals surface area contributed by atoms with Crippen molar-refractivity contribution in [3.05, 3.63) is 82.0 Å². The SMILES string of the molecule is C[C@@H](NC(=O)[C@@H]1C[C@H](C2CCCCC2)CN1C(=O)CNC(=O)c1ccc(Oc2ccccc2)cc1)c1cc(C(=N)N)cs1. The first kappa shape index (κ1) is 30.3. The van der Waals surface area contributed by atoms with Crippen LogP contribution < -0.4 is 21.1 Å². The number of amides is 3. The van der Waals surface area contributed by atoms with Gasteiger partial charge in [0, 0.05) is 27.9 Å². The van der Waals surface area contributed by atoms with Crippen molar-refractivity contribution < 1.29 is 19.1 Å². The second-order valence-corrected chi connectivity index (χ2v) is 12.4. The molecule has 3 amide bonds. The largest absolute Gasteiger partial charge is 0.457 e. The van der Waals surface area contributed by atoms with Crippen LogP contribution in [-0.4, -0.2) is 47.6 Å². The molecule has 1 aromatic heterocycles. The van der Waals surface area contributed by atoms with E-state index < -0.39 is 6.04 Å². The highest BCUT2D eigenvalue weighted by Crippen LogP contribution is 2.38.